The van der Waals surface area contributed by atoms with Crippen LogP contribution in [0.25, 0.3) is 0 Å². The molecule has 3 rings (SSSR count). The molecular formula is C19H13ClF4N4O. The Morgan fingerprint density at radius 1 is 1.07 bits per heavy atom. The van der Waals surface area contributed by atoms with Crippen molar-refractivity contribution >= 4 is 34.7 Å². The molecule has 1 amide bonds. The first kappa shape index (κ1) is 20.5. The average molecular weight is 425 g/mol. The molecule has 150 valence electrons. The standard InChI is InChI=1S/C19H13ClF4N4O/c1-28(14-6-7-16(20)25-10-14)17-15(8-11(9-26-17)19(22,23)24)18(29)27-13-4-2-12(21)3-5-13/h2-10H,1H3,(H,27,29). The minimum atomic E-state index is -4.68. The van der Waals surface area contributed by atoms with Crippen LogP contribution in [-0.2, 0) is 6.18 Å². The fourth-order valence-electron chi connectivity index (χ4n) is 2.47. The highest BCUT2D eigenvalue weighted by Crippen LogP contribution is 2.33. The van der Waals surface area contributed by atoms with Gasteiger partial charge in [-0.25, -0.2) is 14.4 Å². The third-order valence-electron chi connectivity index (χ3n) is 3.96. The molecule has 10 heteroatoms. The van der Waals surface area contributed by atoms with Crippen molar-refractivity contribution in [2.75, 3.05) is 17.3 Å². The van der Waals surface area contributed by atoms with Crippen molar-refractivity contribution in [2.24, 2.45) is 0 Å². The third kappa shape index (κ3) is 4.80. The van der Waals surface area contributed by atoms with E-state index in [-0.39, 0.29) is 22.2 Å². The van der Waals surface area contributed by atoms with Crippen molar-refractivity contribution in [3.63, 3.8) is 0 Å². The third-order valence-corrected chi connectivity index (χ3v) is 4.18. The van der Waals surface area contributed by atoms with E-state index >= 15 is 0 Å². The quantitative estimate of drug-likeness (QED) is 0.455. The lowest BCUT2D eigenvalue weighted by molar-refractivity contribution is -0.137. The molecule has 2 heterocycles. The predicted octanol–water partition coefficient (Wildman–Crippen LogP) is 5.31. The van der Waals surface area contributed by atoms with Crippen molar-refractivity contribution in [1.29, 1.82) is 0 Å². The van der Waals surface area contributed by atoms with Crippen LogP contribution in [-0.4, -0.2) is 22.9 Å². The average Bonchev–Trinajstić information content (AvgIpc) is 2.68. The lowest BCUT2D eigenvalue weighted by Gasteiger charge is -2.22. The Morgan fingerprint density at radius 3 is 2.34 bits per heavy atom. The first-order valence-electron chi connectivity index (χ1n) is 8.14. The van der Waals surface area contributed by atoms with Gasteiger partial charge in [0.2, 0.25) is 0 Å². The van der Waals surface area contributed by atoms with Gasteiger partial charge in [-0.1, -0.05) is 11.6 Å². The first-order chi connectivity index (χ1) is 13.6. The van der Waals surface area contributed by atoms with Crippen LogP contribution < -0.4 is 10.2 Å². The Balaban J connectivity index is 2.02. The molecule has 5 nitrogen and oxygen atoms in total. The van der Waals surface area contributed by atoms with Gasteiger partial charge in [0.15, 0.2) is 0 Å². The number of hydrogen-bond donors (Lipinski definition) is 1. The molecule has 29 heavy (non-hydrogen) atoms. The molecule has 0 spiro atoms. The molecule has 0 bridgehead atoms. The minimum Gasteiger partial charge on any atom is -0.327 e. The lowest BCUT2D eigenvalue weighted by Crippen LogP contribution is -2.21. The van der Waals surface area contributed by atoms with E-state index < -0.39 is 23.5 Å². The van der Waals surface area contributed by atoms with Crippen molar-refractivity contribution in [2.45, 2.75) is 6.18 Å². The zero-order valence-electron chi connectivity index (χ0n) is 14.8. The van der Waals surface area contributed by atoms with Crippen LogP contribution >= 0.6 is 11.6 Å². The smallest absolute Gasteiger partial charge is 0.327 e. The van der Waals surface area contributed by atoms with Crippen LogP contribution in [0.2, 0.25) is 5.15 Å². The number of carbonyl (C=O) groups excluding carboxylic acids is 1. The zero-order valence-corrected chi connectivity index (χ0v) is 15.6. The monoisotopic (exact) mass is 424 g/mol. The van der Waals surface area contributed by atoms with E-state index in [1.165, 1.54) is 36.3 Å². The summed E-state index contributed by atoms with van der Waals surface area (Å²) in [5.74, 6) is -1.37. The molecular weight excluding hydrogens is 412 g/mol. The lowest BCUT2D eigenvalue weighted by atomic mass is 10.1. The fraction of sp³-hybridized carbons (Fsp3) is 0.105. The van der Waals surface area contributed by atoms with E-state index in [0.717, 1.165) is 12.1 Å². The van der Waals surface area contributed by atoms with Gasteiger partial charge in [0.25, 0.3) is 5.91 Å². The Labute approximate surface area is 168 Å². The minimum absolute atomic E-state index is 0.0262. The number of benzene rings is 1. The summed E-state index contributed by atoms with van der Waals surface area (Å²) in [7, 11) is 1.52. The number of aromatic nitrogens is 2. The molecule has 1 aromatic carbocycles. The first-order valence-corrected chi connectivity index (χ1v) is 8.52. The van der Waals surface area contributed by atoms with Crippen LogP contribution in [0, 0.1) is 5.82 Å². The molecule has 3 aromatic rings. The SMILES string of the molecule is CN(c1ccc(Cl)nc1)c1ncc(C(F)(F)F)cc1C(=O)Nc1ccc(F)cc1. The van der Waals surface area contributed by atoms with Gasteiger partial charge < -0.3 is 10.2 Å². The highest BCUT2D eigenvalue weighted by Gasteiger charge is 2.33. The number of nitrogens with zero attached hydrogens (tertiary/aromatic N) is 3. The van der Waals surface area contributed by atoms with Crippen LogP contribution in [0.15, 0.2) is 54.9 Å². The Hall–Kier alpha value is -3.20. The van der Waals surface area contributed by atoms with Gasteiger partial charge in [-0.2, -0.15) is 13.2 Å². The van der Waals surface area contributed by atoms with Crippen LogP contribution in [0.4, 0.5) is 34.8 Å². The number of anilines is 3. The molecule has 0 aliphatic heterocycles. The normalized spacial score (nSPS) is 11.2. The van der Waals surface area contributed by atoms with E-state index in [1.54, 1.807) is 6.07 Å². The Kier molecular flexibility index (Phi) is 5.69. The summed E-state index contributed by atoms with van der Waals surface area (Å²) >= 11 is 5.76. The van der Waals surface area contributed by atoms with E-state index in [2.05, 4.69) is 15.3 Å². The number of pyridine rings is 2. The molecule has 0 saturated carbocycles. The van der Waals surface area contributed by atoms with Gasteiger partial charge in [0.1, 0.15) is 16.8 Å². The van der Waals surface area contributed by atoms with Crippen molar-refractivity contribution < 1.29 is 22.4 Å². The van der Waals surface area contributed by atoms with Gasteiger partial charge in [0.05, 0.1) is 23.0 Å². The fourth-order valence-corrected chi connectivity index (χ4v) is 2.58. The maximum Gasteiger partial charge on any atom is 0.417 e. The van der Waals surface area contributed by atoms with Gasteiger partial charge in [-0.15, -0.1) is 0 Å². The Morgan fingerprint density at radius 2 is 1.76 bits per heavy atom. The number of amides is 1. The maximum atomic E-state index is 13.2. The molecule has 0 unspecified atom stereocenters. The highest BCUT2D eigenvalue weighted by molar-refractivity contribution is 6.29. The molecule has 0 atom stereocenters. The second-order valence-corrected chi connectivity index (χ2v) is 6.34. The van der Waals surface area contributed by atoms with E-state index in [4.69, 9.17) is 11.6 Å². The van der Waals surface area contributed by atoms with Gasteiger partial charge in [-0.3, -0.25) is 4.79 Å². The number of halogens is 5. The Bertz CT molecular complexity index is 1020. The van der Waals surface area contributed by atoms with Crippen molar-refractivity contribution in [3.05, 3.63) is 77.0 Å². The molecule has 0 aliphatic rings. The van der Waals surface area contributed by atoms with Crippen molar-refractivity contribution in [1.82, 2.24) is 9.97 Å². The van der Waals surface area contributed by atoms with Crippen LogP contribution in [0.1, 0.15) is 15.9 Å². The summed E-state index contributed by atoms with van der Waals surface area (Å²) in [6.07, 6.45) is -2.65. The van der Waals surface area contributed by atoms with E-state index in [9.17, 15) is 22.4 Å². The number of carbonyl (C=O) groups is 1. The van der Waals surface area contributed by atoms with Gasteiger partial charge in [-0.05, 0) is 42.5 Å². The topological polar surface area (TPSA) is 58.1 Å². The number of alkyl halides is 3. The van der Waals surface area contributed by atoms with Gasteiger partial charge in [0, 0.05) is 18.9 Å². The second kappa shape index (κ2) is 8.04. The summed E-state index contributed by atoms with van der Waals surface area (Å²) < 4.78 is 52.5. The predicted molar refractivity (Wildman–Crippen MR) is 101 cm³/mol. The highest BCUT2D eigenvalue weighted by atomic mass is 35.5. The summed E-state index contributed by atoms with van der Waals surface area (Å²) in [6.45, 7) is 0. The van der Waals surface area contributed by atoms with Crippen LogP contribution in [0.3, 0.4) is 0 Å². The largest absolute Gasteiger partial charge is 0.417 e. The molecule has 0 aliphatic carbocycles. The molecule has 0 saturated heterocycles. The maximum absolute atomic E-state index is 13.2. The summed E-state index contributed by atoms with van der Waals surface area (Å²) in [5, 5.41) is 2.68. The summed E-state index contributed by atoms with van der Waals surface area (Å²) in [5.41, 5.74) is -0.720. The molecule has 1 N–H and O–H groups in total. The van der Waals surface area contributed by atoms with E-state index in [0.29, 0.717) is 18.0 Å². The summed E-state index contributed by atoms with van der Waals surface area (Å²) in [6, 6.07) is 8.60. The van der Waals surface area contributed by atoms with E-state index in [1.807, 2.05) is 0 Å². The molecule has 0 fully saturated rings. The van der Waals surface area contributed by atoms with Gasteiger partial charge >= 0.3 is 6.18 Å². The number of nitrogens with one attached hydrogen (secondary N) is 1. The van der Waals surface area contributed by atoms with Crippen molar-refractivity contribution in [3.8, 4) is 0 Å². The van der Waals surface area contributed by atoms with Crippen LogP contribution in [0.5, 0.6) is 0 Å². The number of rotatable bonds is 4. The second-order valence-electron chi connectivity index (χ2n) is 5.95. The molecule has 2 aromatic heterocycles. The zero-order chi connectivity index (χ0) is 21.2. The number of hydrogen-bond acceptors (Lipinski definition) is 4. The molecule has 0 radical (unpaired) electrons. The summed E-state index contributed by atoms with van der Waals surface area (Å²) in [4.78, 5) is 21.9.